The Morgan fingerprint density at radius 3 is 3.00 bits per heavy atom. The number of likely N-dealkylation sites (tertiary alicyclic amines) is 1. The van der Waals surface area contributed by atoms with Crippen molar-refractivity contribution in [3.63, 3.8) is 0 Å². The van der Waals surface area contributed by atoms with Gasteiger partial charge in [-0.2, -0.15) is 0 Å². The summed E-state index contributed by atoms with van der Waals surface area (Å²) in [5, 5.41) is 8.80. The van der Waals surface area contributed by atoms with Crippen molar-refractivity contribution < 1.29 is 14.6 Å². The van der Waals surface area contributed by atoms with Crippen molar-refractivity contribution in [3.8, 4) is 11.8 Å². The molecule has 0 aliphatic carbocycles. The van der Waals surface area contributed by atoms with Crippen LogP contribution in [-0.4, -0.2) is 48.8 Å². The molecule has 21 heavy (non-hydrogen) atoms. The summed E-state index contributed by atoms with van der Waals surface area (Å²) in [6.07, 6.45) is 1.42. The molecule has 1 N–H and O–H groups in total. The summed E-state index contributed by atoms with van der Waals surface area (Å²) in [6, 6.07) is 5.70. The van der Waals surface area contributed by atoms with E-state index in [4.69, 9.17) is 9.84 Å². The van der Waals surface area contributed by atoms with E-state index < -0.39 is 0 Å². The van der Waals surface area contributed by atoms with E-state index >= 15 is 0 Å². The van der Waals surface area contributed by atoms with Gasteiger partial charge in [0.05, 0.1) is 18.3 Å². The van der Waals surface area contributed by atoms with E-state index in [-0.39, 0.29) is 18.6 Å². The maximum atomic E-state index is 12.7. The fourth-order valence-electron chi connectivity index (χ4n) is 2.43. The van der Waals surface area contributed by atoms with Gasteiger partial charge in [-0.3, -0.25) is 4.79 Å². The molecule has 1 aromatic carbocycles. The van der Waals surface area contributed by atoms with Gasteiger partial charge in [-0.25, -0.2) is 0 Å². The van der Waals surface area contributed by atoms with E-state index in [1.807, 2.05) is 30.0 Å². The number of benzene rings is 1. The van der Waals surface area contributed by atoms with Gasteiger partial charge in [-0.1, -0.05) is 23.5 Å². The lowest BCUT2D eigenvalue weighted by Gasteiger charge is -2.17. The number of nitrogens with zero attached hydrogens (tertiary/aromatic N) is 1. The zero-order valence-corrected chi connectivity index (χ0v) is 12.6. The third-order valence-corrected chi connectivity index (χ3v) is 3.63. The highest BCUT2D eigenvalue weighted by Crippen LogP contribution is 2.19. The molecule has 1 saturated heterocycles. The van der Waals surface area contributed by atoms with E-state index in [0.717, 1.165) is 24.1 Å². The molecular formula is C17H21NO3. The lowest BCUT2D eigenvalue weighted by Crippen LogP contribution is -2.30. The molecular weight excluding hydrogens is 266 g/mol. The molecule has 0 bridgehead atoms. The maximum Gasteiger partial charge on any atom is 0.255 e. The molecule has 112 valence electrons. The van der Waals surface area contributed by atoms with Crippen molar-refractivity contribution in [1.82, 2.24) is 4.90 Å². The molecule has 2 rings (SSSR count). The second kappa shape index (κ2) is 7.26. The van der Waals surface area contributed by atoms with Crippen LogP contribution in [0.2, 0.25) is 0 Å². The number of aliphatic hydroxyl groups excluding tert-OH is 1. The average Bonchev–Trinajstić information content (AvgIpc) is 2.97. The fraction of sp³-hybridized carbons (Fsp3) is 0.471. The molecule has 1 unspecified atom stereocenters. The molecule has 4 heteroatoms. The van der Waals surface area contributed by atoms with Crippen LogP contribution in [-0.2, 0) is 4.74 Å². The van der Waals surface area contributed by atoms with Gasteiger partial charge in [0.1, 0.15) is 0 Å². The molecule has 1 aliphatic rings. The normalized spacial score (nSPS) is 17.5. The number of ether oxygens (including phenoxy) is 1. The molecule has 1 heterocycles. The number of carbonyl (C=O) groups excluding carboxylic acids is 1. The first-order valence-corrected chi connectivity index (χ1v) is 7.18. The minimum absolute atomic E-state index is 0.00606. The Balaban J connectivity index is 2.23. The smallest absolute Gasteiger partial charge is 0.255 e. The van der Waals surface area contributed by atoms with E-state index in [2.05, 4.69) is 11.8 Å². The van der Waals surface area contributed by atoms with Crippen LogP contribution in [0, 0.1) is 18.8 Å². The Bertz CT molecular complexity index is 571. The lowest BCUT2D eigenvalue weighted by atomic mass is 10.0. The number of rotatable bonds is 3. The van der Waals surface area contributed by atoms with Crippen molar-refractivity contribution >= 4 is 5.91 Å². The van der Waals surface area contributed by atoms with Gasteiger partial charge >= 0.3 is 0 Å². The Kier molecular flexibility index (Phi) is 5.38. The number of aliphatic hydroxyl groups is 1. The molecule has 1 aliphatic heterocycles. The largest absolute Gasteiger partial charge is 0.395 e. The number of hydrogen-bond acceptors (Lipinski definition) is 3. The highest BCUT2D eigenvalue weighted by atomic mass is 16.5. The molecule has 1 atom stereocenters. The minimum atomic E-state index is 0.00606. The van der Waals surface area contributed by atoms with Gasteiger partial charge in [0, 0.05) is 32.2 Å². The summed E-state index contributed by atoms with van der Waals surface area (Å²) in [6.45, 7) is 3.34. The quantitative estimate of drug-likeness (QED) is 0.859. The van der Waals surface area contributed by atoms with Crippen molar-refractivity contribution in [2.45, 2.75) is 25.9 Å². The van der Waals surface area contributed by atoms with Crippen molar-refractivity contribution in [1.29, 1.82) is 0 Å². The van der Waals surface area contributed by atoms with E-state index in [1.165, 1.54) is 0 Å². The summed E-state index contributed by atoms with van der Waals surface area (Å²) < 4.78 is 5.31. The van der Waals surface area contributed by atoms with Crippen LogP contribution in [0.4, 0.5) is 0 Å². The predicted molar refractivity (Wildman–Crippen MR) is 81.1 cm³/mol. The maximum absolute atomic E-state index is 12.7. The number of amides is 1. The first-order valence-electron chi connectivity index (χ1n) is 7.18. The Morgan fingerprint density at radius 2 is 2.33 bits per heavy atom. The van der Waals surface area contributed by atoms with Crippen LogP contribution in [0.3, 0.4) is 0 Å². The van der Waals surface area contributed by atoms with Crippen molar-refractivity contribution in [2.75, 3.05) is 26.8 Å². The molecule has 4 nitrogen and oxygen atoms in total. The monoisotopic (exact) mass is 287 g/mol. The third kappa shape index (κ3) is 3.84. The summed E-state index contributed by atoms with van der Waals surface area (Å²) in [7, 11) is 1.68. The predicted octanol–water partition coefficient (Wildman–Crippen LogP) is 1.59. The Morgan fingerprint density at radius 1 is 1.52 bits per heavy atom. The zero-order chi connectivity index (χ0) is 15.2. The SMILES string of the molecule is COC1CCN(C(=O)c2cc(C)ccc2C#CCCO)C1. The molecule has 0 saturated carbocycles. The van der Waals surface area contributed by atoms with Gasteiger partial charge < -0.3 is 14.7 Å². The number of hydrogen-bond donors (Lipinski definition) is 1. The minimum Gasteiger partial charge on any atom is -0.395 e. The number of aryl methyl sites for hydroxylation is 1. The van der Waals surface area contributed by atoms with E-state index in [0.29, 0.717) is 18.5 Å². The van der Waals surface area contributed by atoms with Crippen LogP contribution in [0.1, 0.15) is 34.3 Å². The standard InChI is InChI=1S/C17H21NO3/c1-13-6-7-14(5-3-4-10-19)16(11-13)17(20)18-9-8-15(12-18)21-2/h6-7,11,15,19H,4,8-10,12H2,1-2H3. The summed E-state index contributed by atoms with van der Waals surface area (Å²) in [4.78, 5) is 14.5. The van der Waals surface area contributed by atoms with Gasteiger partial charge in [-0.05, 0) is 25.5 Å². The average molecular weight is 287 g/mol. The van der Waals surface area contributed by atoms with Crippen LogP contribution in [0.25, 0.3) is 0 Å². The molecule has 0 aromatic heterocycles. The number of methoxy groups -OCH3 is 1. The highest BCUT2D eigenvalue weighted by molar-refractivity contribution is 5.97. The lowest BCUT2D eigenvalue weighted by molar-refractivity contribution is 0.0724. The van der Waals surface area contributed by atoms with E-state index in [9.17, 15) is 4.79 Å². The molecule has 1 aromatic rings. The fourth-order valence-corrected chi connectivity index (χ4v) is 2.43. The topological polar surface area (TPSA) is 49.8 Å². The second-order valence-electron chi connectivity index (χ2n) is 5.22. The Labute approximate surface area is 125 Å². The summed E-state index contributed by atoms with van der Waals surface area (Å²) >= 11 is 0. The van der Waals surface area contributed by atoms with Gasteiger partial charge in [-0.15, -0.1) is 0 Å². The van der Waals surface area contributed by atoms with Gasteiger partial charge in [0.25, 0.3) is 5.91 Å². The second-order valence-corrected chi connectivity index (χ2v) is 5.22. The van der Waals surface area contributed by atoms with Crippen LogP contribution in [0.15, 0.2) is 18.2 Å². The first-order chi connectivity index (χ1) is 10.2. The van der Waals surface area contributed by atoms with Crippen LogP contribution >= 0.6 is 0 Å². The molecule has 1 amide bonds. The summed E-state index contributed by atoms with van der Waals surface area (Å²) in [5.41, 5.74) is 2.39. The zero-order valence-electron chi connectivity index (χ0n) is 12.6. The van der Waals surface area contributed by atoms with Crippen molar-refractivity contribution in [3.05, 3.63) is 34.9 Å². The van der Waals surface area contributed by atoms with Gasteiger partial charge in [0.15, 0.2) is 0 Å². The molecule has 1 fully saturated rings. The van der Waals surface area contributed by atoms with Crippen LogP contribution < -0.4 is 0 Å². The first kappa shape index (κ1) is 15.6. The molecule has 0 radical (unpaired) electrons. The van der Waals surface area contributed by atoms with E-state index in [1.54, 1.807) is 7.11 Å². The Hall–Kier alpha value is -1.83. The highest BCUT2D eigenvalue weighted by Gasteiger charge is 2.27. The van der Waals surface area contributed by atoms with Crippen LogP contribution in [0.5, 0.6) is 0 Å². The molecule has 0 spiro atoms. The van der Waals surface area contributed by atoms with Gasteiger partial charge in [0.2, 0.25) is 0 Å². The summed E-state index contributed by atoms with van der Waals surface area (Å²) in [5.74, 6) is 5.87. The third-order valence-electron chi connectivity index (χ3n) is 3.63. The van der Waals surface area contributed by atoms with Crippen molar-refractivity contribution in [2.24, 2.45) is 0 Å². The number of carbonyl (C=O) groups is 1.